The van der Waals surface area contributed by atoms with E-state index in [4.69, 9.17) is 19.7 Å². The van der Waals surface area contributed by atoms with E-state index in [9.17, 15) is 9.59 Å². The Balaban J connectivity index is 3.57. The zero-order chi connectivity index (χ0) is 17.0. The van der Waals surface area contributed by atoms with Crippen molar-refractivity contribution in [1.82, 2.24) is 0 Å². The molecule has 0 bridgehead atoms. The predicted octanol–water partition coefficient (Wildman–Crippen LogP) is 1.73. The van der Waals surface area contributed by atoms with Crippen molar-refractivity contribution in [1.29, 1.82) is 0 Å². The highest BCUT2D eigenvalue weighted by Gasteiger charge is 2.09. The highest BCUT2D eigenvalue weighted by Crippen LogP contribution is 2.08. The highest BCUT2D eigenvalue weighted by molar-refractivity contribution is 5.74. The zero-order valence-electron chi connectivity index (χ0n) is 13.7. The van der Waals surface area contributed by atoms with Crippen LogP contribution < -0.4 is 0 Å². The molecule has 0 radical (unpaired) electrons. The van der Waals surface area contributed by atoms with Crippen LogP contribution in [0, 0.1) is 0 Å². The molecule has 0 amide bonds. The number of rotatable bonds is 11. The van der Waals surface area contributed by atoms with Crippen LogP contribution in [0.2, 0.25) is 0 Å². The lowest BCUT2D eigenvalue weighted by atomic mass is 10.1. The summed E-state index contributed by atoms with van der Waals surface area (Å²) in [6, 6.07) is 0. The van der Waals surface area contributed by atoms with Crippen LogP contribution in [0.3, 0.4) is 0 Å². The molecular weight excluding hydrogens is 288 g/mol. The Hall–Kier alpha value is -1.40. The van der Waals surface area contributed by atoms with E-state index in [2.05, 4.69) is 6.08 Å². The first-order valence-electron chi connectivity index (χ1n) is 7.69. The molecule has 2 unspecified atom stereocenters. The van der Waals surface area contributed by atoms with Gasteiger partial charge in [0.15, 0.2) is 0 Å². The van der Waals surface area contributed by atoms with Crippen LogP contribution in [0.1, 0.15) is 52.9 Å². The minimum absolute atomic E-state index is 0.310. The van der Waals surface area contributed by atoms with E-state index in [-0.39, 0.29) is 0 Å². The summed E-state index contributed by atoms with van der Waals surface area (Å²) in [7, 11) is 0. The van der Waals surface area contributed by atoms with Gasteiger partial charge in [0.05, 0.1) is 13.2 Å². The van der Waals surface area contributed by atoms with Gasteiger partial charge < -0.3 is 19.7 Å². The van der Waals surface area contributed by atoms with Crippen LogP contribution in [0.5, 0.6) is 0 Å². The molecule has 0 aromatic heterocycles. The van der Waals surface area contributed by atoms with Crippen molar-refractivity contribution in [3.8, 4) is 0 Å². The fourth-order valence-corrected chi connectivity index (χ4v) is 1.63. The molecule has 0 rings (SSSR count). The van der Waals surface area contributed by atoms with Crippen LogP contribution in [0.25, 0.3) is 0 Å². The second-order valence-corrected chi connectivity index (χ2v) is 5.34. The number of ether oxygens (including phenoxy) is 2. The Kier molecular flexibility index (Phi) is 11.4. The fourth-order valence-electron chi connectivity index (χ4n) is 1.63. The number of hydrogen-bond acceptors (Lipinski definition) is 6. The average molecular weight is 316 g/mol. The molecule has 0 saturated heterocycles. The van der Waals surface area contributed by atoms with Crippen molar-refractivity contribution in [3.05, 3.63) is 11.6 Å². The third kappa shape index (κ3) is 11.3. The number of hydrogen-bond donors (Lipinski definition) is 2. The molecule has 2 atom stereocenters. The monoisotopic (exact) mass is 316 g/mol. The SMILES string of the molecule is CC(=CCCCCOC(=O)C(C)O)CCCOC(=O)C(C)O. The molecule has 6 nitrogen and oxygen atoms in total. The van der Waals surface area contributed by atoms with Gasteiger partial charge in [-0.3, -0.25) is 0 Å². The van der Waals surface area contributed by atoms with Gasteiger partial charge in [-0.1, -0.05) is 11.6 Å². The molecule has 22 heavy (non-hydrogen) atoms. The van der Waals surface area contributed by atoms with Crippen LogP contribution in [0.15, 0.2) is 11.6 Å². The average Bonchev–Trinajstić information content (AvgIpc) is 2.46. The van der Waals surface area contributed by atoms with E-state index >= 15 is 0 Å². The van der Waals surface area contributed by atoms with Gasteiger partial charge in [-0.15, -0.1) is 0 Å². The molecular formula is C16H28O6. The molecule has 0 aliphatic heterocycles. The quantitative estimate of drug-likeness (QED) is 0.342. The minimum atomic E-state index is -1.07. The number of aliphatic hydroxyl groups is 2. The Labute approximate surface area is 132 Å². The fraction of sp³-hybridized carbons (Fsp3) is 0.750. The van der Waals surface area contributed by atoms with Gasteiger partial charge in [-0.25, -0.2) is 9.59 Å². The maximum absolute atomic E-state index is 11.0. The molecule has 2 N–H and O–H groups in total. The Morgan fingerprint density at radius 2 is 1.45 bits per heavy atom. The number of carbonyl (C=O) groups excluding carboxylic acids is 2. The maximum atomic E-state index is 11.0. The summed E-state index contributed by atoms with van der Waals surface area (Å²) in [6.45, 7) is 5.42. The van der Waals surface area contributed by atoms with Gasteiger partial charge in [0.2, 0.25) is 0 Å². The lowest BCUT2D eigenvalue weighted by Crippen LogP contribution is -2.19. The van der Waals surface area contributed by atoms with Gasteiger partial charge >= 0.3 is 11.9 Å². The number of unbranched alkanes of at least 4 members (excludes halogenated alkanes) is 2. The van der Waals surface area contributed by atoms with E-state index in [1.54, 1.807) is 0 Å². The Morgan fingerprint density at radius 1 is 0.955 bits per heavy atom. The van der Waals surface area contributed by atoms with Crippen molar-refractivity contribution in [2.75, 3.05) is 13.2 Å². The second kappa shape index (κ2) is 12.2. The smallest absolute Gasteiger partial charge is 0.334 e. The molecule has 0 spiro atoms. The third-order valence-corrected chi connectivity index (χ3v) is 2.98. The number of allylic oxidation sites excluding steroid dienone is 2. The summed E-state index contributed by atoms with van der Waals surface area (Å²) in [5.74, 6) is -1.17. The van der Waals surface area contributed by atoms with Gasteiger partial charge in [-0.05, 0) is 52.9 Å². The van der Waals surface area contributed by atoms with Gasteiger partial charge in [0.1, 0.15) is 12.2 Å². The zero-order valence-corrected chi connectivity index (χ0v) is 13.7. The summed E-state index contributed by atoms with van der Waals surface area (Å²) < 4.78 is 9.72. The third-order valence-electron chi connectivity index (χ3n) is 2.98. The first-order valence-corrected chi connectivity index (χ1v) is 7.69. The number of carbonyl (C=O) groups is 2. The molecule has 0 heterocycles. The molecule has 0 aliphatic rings. The summed E-state index contributed by atoms with van der Waals surface area (Å²) in [5, 5.41) is 17.9. The molecule has 0 aromatic rings. The molecule has 128 valence electrons. The maximum Gasteiger partial charge on any atom is 0.334 e. The minimum Gasteiger partial charge on any atom is -0.464 e. The van der Waals surface area contributed by atoms with Crippen molar-refractivity contribution >= 4 is 11.9 Å². The van der Waals surface area contributed by atoms with Gasteiger partial charge in [-0.2, -0.15) is 0 Å². The van der Waals surface area contributed by atoms with Crippen LogP contribution in [-0.4, -0.2) is 47.6 Å². The van der Waals surface area contributed by atoms with E-state index in [1.807, 2.05) is 6.92 Å². The lowest BCUT2D eigenvalue weighted by Gasteiger charge is -2.07. The molecule has 0 aromatic carbocycles. The standard InChI is InChI=1S/C16H28O6/c1-12(9-7-11-22-16(20)14(3)18)8-5-4-6-10-21-15(19)13(2)17/h8,13-14,17-18H,4-7,9-11H2,1-3H3. The molecule has 0 aliphatic carbocycles. The topological polar surface area (TPSA) is 93.1 Å². The number of aliphatic hydroxyl groups excluding tert-OH is 2. The molecule has 0 fully saturated rings. The first kappa shape index (κ1) is 20.6. The van der Waals surface area contributed by atoms with Gasteiger partial charge in [0, 0.05) is 0 Å². The largest absolute Gasteiger partial charge is 0.464 e. The second-order valence-electron chi connectivity index (χ2n) is 5.34. The molecule has 6 heteroatoms. The van der Waals surface area contributed by atoms with E-state index in [0.717, 1.165) is 32.1 Å². The number of esters is 2. The van der Waals surface area contributed by atoms with Crippen molar-refractivity contribution in [2.45, 2.75) is 65.1 Å². The van der Waals surface area contributed by atoms with E-state index in [0.29, 0.717) is 13.2 Å². The summed E-state index contributed by atoms with van der Waals surface area (Å²) in [4.78, 5) is 22.0. The predicted molar refractivity (Wildman–Crippen MR) is 82.1 cm³/mol. The Bertz CT molecular complexity index is 360. The summed E-state index contributed by atoms with van der Waals surface area (Å²) in [5.41, 5.74) is 1.22. The Morgan fingerprint density at radius 3 is 1.95 bits per heavy atom. The first-order chi connectivity index (χ1) is 10.3. The van der Waals surface area contributed by atoms with E-state index in [1.165, 1.54) is 19.4 Å². The lowest BCUT2D eigenvalue weighted by molar-refractivity contribution is -0.153. The van der Waals surface area contributed by atoms with Gasteiger partial charge in [0.25, 0.3) is 0 Å². The van der Waals surface area contributed by atoms with Crippen LogP contribution in [0.4, 0.5) is 0 Å². The highest BCUT2D eigenvalue weighted by atomic mass is 16.5. The van der Waals surface area contributed by atoms with E-state index < -0.39 is 24.1 Å². The van der Waals surface area contributed by atoms with Crippen molar-refractivity contribution < 1.29 is 29.3 Å². The van der Waals surface area contributed by atoms with Crippen LogP contribution >= 0.6 is 0 Å². The summed E-state index contributed by atoms with van der Waals surface area (Å²) in [6.07, 6.45) is 4.11. The molecule has 0 saturated carbocycles. The normalized spacial score (nSPS) is 14.3. The van der Waals surface area contributed by atoms with Crippen LogP contribution in [-0.2, 0) is 19.1 Å². The summed E-state index contributed by atoms with van der Waals surface area (Å²) >= 11 is 0. The van der Waals surface area contributed by atoms with Crippen molar-refractivity contribution in [2.24, 2.45) is 0 Å². The van der Waals surface area contributed by atoms with Crippen molar-refractivity contribution in [3.63, 3.8) is 0 Å².